The Morgan fingerprint density at radius 1 is 1.14 bits per heavy atom. The van der Waals surface area contributed by atoms with E-state index in [0.717, 1.165) is 43.9 Å². The van der Waals surface area contributed by atoms with Crippen LogP contribution in [0.5, 0.6) is 11.5 Å². The van der Waals surface area contributed by atoms with Crippen molar-refractivity contribution in [1.29, 1.82) is 0 Å². The van der Waals surface area contributed by atoms with Gasteiger partial charge in [-0.15, -0.1) is 0 Å². The number of rotatable bonds is 7. The minimum atomic E-state index is 0.0407. The van der Waals surface area contributed by atoms with Crippen molar-refractivity contribution in [2.45, 2.75) is 44.8 Å². The van der Waals surface area contributed by atoms with Crippen LogP contribution in [0.15, 0.2) is 42.5 Å². The molecule has 1 saturated carbocycles. The van der Waals surface area contributed by atoms with E-state index in [1.54, 1.807) is 14.2 Å². The molecule has 0 aromatic heterocycles. The Balaban J connectivity index is 1.67. The van der Waals surface area contributed by atoms with Crippen LogP contribution in [-0.2, 0) is 17.8 Å². The highest BCUT2D eigenvalue weighted by Crippen LogP contribution is 2.35. The summed E-state index contributed by atoms with van der Waals surface area (Å²) in [5.41, 5.74) is 3.86. The Bertz CT molecular complexity index is 864. The Hall–Kier alpha value is -2.53. The number of ether oxygens (including phenoxy) is 2. The zero-order chi connectivity index (χ0) is 20.4. The summed E-state index contributed by atoms with van der Waals surface area (Å²) in [5, 5.41) is 3.30. The third-order valence-corrected chi connectivity index (χ3v) is 6.23. The standard InChI is InChI=1S/C24H30N2O3/c1-16(25-24(27)18-9-10-18)23-20-14-22(29-3)21(28-2)13-19(20)11-12-26(23)15-17-7-5-4-6-8-17/h4-8,13-14,16,18,23H,9-12,15H2,1-3H3,(H,25,27)/p+1/t16-,23-/m0/s1. The van der Waals surface area contributed by atoms with Crippen molar-refractivity contribution in [2.75, 3.05) is 20.8 Å². The van der Waals surface area contributed by atoms with E-state index in [-0.39, 0.29) is 23.9 Å². The minimum Gasteiger partial charge on any atom is -0.493 e. The quantitative estimate of drug-likeness (QED) is 0.756. The number of nitrogens with one attached hydrogen (secondary N) is 2. The van der Waals surface area contributed by atoms with Crippen LogP contribution in [0.25, 0.3) is 0 Å². The van der Waals surface area contributed by atoms with Crippen molar-refractivity contribution in [3.8, 4) is 11.5 Å². The molecule has 5 heteroatoms. The molecule has 4 rings (SSSR count). The number of fused-ring (bicyclic) bond motifs is 1. The number of hydrogen-bond acceptors (Lipinski definition) is 3. The number of hydrogen-bond donors (Lipinski definition) is 2. The van der Waals surface area contributed by atoms with Gasteiger partial charge in [-0.25, -0.2) is 0 Å². The number of quaternary nitrogens is 1. The van der Waals surface area contributed by atoms with Gasteiger partial charge in [-0.2, -0.15) is 0 Å². The minimum absolute atomic E-state index is 0.0407. The van der Waals surface area contributed by atoms with Crippen LogP contribution in [0, 0.1) is 5.92 Å². The monoisotopic (exact) mass is 395 g/mol. The third-order valence-electron chi connectivity index (χ3n) is 6.23. The van der Waals surface area contributed by atoms with Gasteiger partial charge in [0.1, 0.15) is 12.6 Å². The van der Waals surface area contributed by atoms with Gasteiger partial charge >= 0.3 is 0 Å². The highest BCUT2D eigenvalue weighted by molar-refractivity contribution is 5.81. The van der Waals surface area contributed by atoms with Crippen molar-refractivity contribution in [3.63, 3.8) is 0 Å². The molecule has 5 nitrogen and oxygen atoms in total. The maximum atomic E-state index is 12.5. The van der Waals surface area contributed by atoms with Crippen LogP contribution in [0.4, 0.5) is 0 Å². The van der Waals surface area contributed by atoms with Gasteiger partial charge in [-0.3, -0.25) is 4.79 Å². The third kappa shape index (κ3) is 4.25. The fourth-order valence-corrected chi connectivity index (χ4v) is 4.56. The summed E-state index contributed by atoms with van der Waals surface area (Å²) in [7, 11) is 3.35. The normalized spacial score (nSPS) is 21.8. The second-order valence-electron chi connectivity index (χ2n) is 8.28. The number of carbonyl (C=O) groups is 1. The molecule has 3 atom stereocenters. The van der Waals surface area contributed by atoms with Gasteiger partial charge in [0, 0.05) is 23.5 Å². The van der Waals surface area contributed by atoms with Crippen LogP contribution in [-0.4, -0.2) is 32.7 Å². The van der Waals surface area contributed by atoms with Gasteiger partial charge in [0.25, 0.3) is 0 Å². The SMILES string of the molecule is COc1cc2c(cc1OC)[C@H]([C@H](C)NC(=O)C1CC1)[NH+](Cc1ccccc1)CC2. The lowest BCUT2D eigenvalue weighted by Gasteiger charge is -2.38. The number of benzene rings is 2. The van der Waals surface area contributed by atoms with E-state index in [4.69, 9.17) is 9.47 Å². The van der Waals surface area contributed by atoms with E-state index in [9.17, 15) is 4.79 Å². The molecule has 2 N–H and O–H groups in total. The summed E-state index contributed by atoms with van der Waals surface area (Å²) in [6.45, 7) is 4.09. The summed E-state index contributed by atoms with van der Waals surface area (Å²) < 4.78 is 11.1. The van der Waals surface area contributed by atoms with Gasteiger partial charge in [0.15, 0.2) is 11.5 Å². The lowest BCUT2D eigenvalue weighted by Crippen LogP contribution is -3.13. The maximum absolute atomic E-state index is 12.5. The summed E-state index contributed by atoms with van der Waals surface area (Å²) >= 11 is 0. The lowest BCUT2D eigenvalue weighted by atomic mass is 9.87. The van der Waals surface area contributed by atoms with E-state index >= 15 is 0 Å². The number of carbonyl (C=O) groups excluding carboxylic acids is 1. The largest absolute Gasteiger partial charge is 0.493 e. The number of methoxy groups -OCH3 is 2. The van der Waals surface area contributed by atoms with Crippen LogP contribution < -0.4 is 19.7 Å². The van der Waals surface area contributed by atoms with Crippen LogP contribution in [0.1, 0.15) is 42.5 Å². The Morgan fingerprint density at radius 2 is 1.83 bits per heavy atom. The van der Waals surface area contributed by atoms with Crippen LogP contribution in [0.2, 0.25) is 0 Å². The molecule has 2 aromatic carbocycles. The molecule has 2 aromatic rings. The molecule has 1 amide bonds. The van der Waals surface area contributed by atoms with Crippen LogP contribution >= 0.6 is 0 Å². The molecular weight excluding hydrogens is 364 g/mol. The van der Waals surface area contributed by atoms with E-state index < -0.39 is 0 Å². The predicted octanol–water partition coefficient (Wildman–Crippen LogP) is 2.30. The molecule has 0 bridgehead atoms. The highest BCUT2D eigenvalue weighted by atomic mass is 16.5. The van der Waals surface area contributed by atoms with Crippen molar-refractivity contribution in [3.05, 3.63) is 59.2 Å². The van der Waals surface area contributed by atoms with Crippen molar-refractivity contribution in [1.82, 2.24) is 5.32 Å². The smallest absolute Gasteiger partial charge is 0.223 e. The van der Waals surface area contributed by atoms with Crippen LogP contribution in [0.3, 0.4) is 0 Å². The second kappa shape index (κ2) is 8.46. The molecular formula is C24H31N2O3+. The summed E-state index contributed by atoms with van der Waals surface area (Å²) in [6.07, 6.45) is 3.02. The van der Waals surface area contributed by atoms with Gasteiger partial charge in [0.05, 0.1) is 26.8 Å². The van der Waals surface area contributed by atoms with E-state index in [2.05, 4.69) is 54.7 Å². The topological polar surface area (TPSA) is 52.0 Å². The number of amides is 1. The van der Waals surface area contributed by atoms with E-state index in [1.807, 2.05) is 0 Å². The van der Waals surface area contributed by atoms with Gasteiger partial charge in [-0.05, 0) is 37.5 Å². The van der Waals surface area contributed by atoms with Gasteiger partial charge in [-0.1, -0.05) is 30.3 Å². The average Bonchev–Trinajstić information content (AvgIpc) is 3.58. The van der Waals surface area contributed by atoms with Crippen molar-refractivity contribution >= 4 is 5.91 Å². The molecule has 2 aliphatic rings. The molecule has 1 unspecified atom stereocenters. The summed E-state index contributed by atoms with van der Waals surface area (Å²) in [4.78, 5) is 14.0. The molecule has 29 heavy (non-hydrogen) atoms. The molecule has 0 spiro atoms. The fraction of sp³-hybridized carbons (Fsp3) is 0.458. The highest BCUT2D eigenvalue weighted by Gasteiger charge is 2.39. The lowest BCUT2D eigenvalue weighted by molar-refractivity contribution is -0.948. The molecule has 1 aliphatic carbocycles. The molecule has 1 heterocycles. The van der Waals surface area contributed by atoms with Crippen molar-refractivity contribution in [2.24, 2.45) is 5.92 Å². The predicted molar refractivity (Wildman–Crippen MR) is 112 cm³/mol. The fourth-order valence-electron chi connectivity index (χ4n) is 4.56. The summed E-state index contributed by atoms with van der Waals surface area (Å²) in [6, 6.07) is 15.0. The maximum Gasteiger partial charge on any atom is 0.223 e. The van der Waals surface area contributed by atoms with E-state index in [0.29, 0.717) is 0 Å². The van der Waals surface area contributed by atoms with E-state index in [1.165, 1.54) is 21.6 Å². The van der Waals surface area contributed by atoms with Crippen molar-refractivity contribution < 1.29 is 19.2 Å². The zero-order valence-corrected chi connectivity index (χ0v) is 17.5. The molecule has 1 aliphatic heterocycles. The summed E-state index contributed by atoms with van der Waals surface area (Å²) in [5.74, 6) is 1.93. The molecule has 154 valence electrons. The first-order chi connectivity index (χ1) is 14.1. The van der Waals surface area contributed by atoms with Gasteiger partial charge in [0.2, 0.25) is 5.91 Å². The second-order valence-corrected chi connectivity index (χ2v) is 8.28. The Kier molecular flexibility index (Phi) is 5.76. The molecule has 1 fully saturated rings. The van der Waals surface area contributed by atoms with Gasteiger partial charge < -0.3 is 19.7 Å². The Labute approximate surface area is 173 Å². The first kappa shape index (κ1) is 19.8. The zero-order valence-electron chi connectivity index (χ0n) is 17.5. The molecule has 0 radical (unpaired) electrons. The first-order valence-electron chi connectivity index (χ1n) is 10.5. The first-order valence-corrected chi connectivity index (χ1v) is 10.5. The Morgan fingerprint density at radius 3 is 2.48 bits per heavy atom. The average molecular weight is 396 g/mol. The molecule has 0 saturated heterocycles.